The van der Waals surface area contributed by atoms with Crippen LogP contribution in [0.25, 0.3) is 10.9 Å². The van der Waals surface area contributed by atoms with Gasteiger partial charge >= 0.3 is 0 Å². The molecule has 1 aromatic heterocycles. The molecule has 0 aliphatic carbocycles. The van der Waals surface area contributed by atoms with Gasteiger partial charge in [0.15, 0.2) is 5.69 Å². The Morgan fingerprint density at radius 2 is 2.17 bits per heavy atom. The molecule has 1 atom stereocenters. The third-order valence-corrected chi connectivity index (χ3v) is 4.52. The molecule has 7 heteroatoms. The summed E-state index contributed by atoms with van der Waals surface area (Å²) in [5.74, 6) is 1.14. The van der Waals surface area contributed by atoms with Crippen LogP contribution in [-0.2, 0) is 5.54 Å². The minimum atomic E-state index is -0.236. The average molecular weight is 332 g/mol. The molecular weight excluding hydrogens is 312 g/mol. The molecule has 1 aliphatic rings. The van der Waals surface area contributed by atoms with Gasteiger partial charge in [0.25, 0.3) is 0 Å². The third kappa shape index (κ3) is 2.35. The summed E-state index contributed by atoms with van der Waals surface area (Å²) in [5, 5.41) is 19.3. The van der Waals surface area contributed by atoms with E-state index >= 15 is 0 Å². The van der Waals surface area contributed by atoms with E-state index in [1.807, 2.05) is 16.7 Å². The van der Waals surface area contributed by atoms with Crippen LogP contribution in [0, 0.1) is 0 Å². The first kappa shape index (κ1) is 15.7. The molecule has 1 aromatic carbocycles. The minimum absolute atomic E-state index is 0.0732. The van der Waals surface area contributed by atoms with E-state index < -0.39 is 0 Å². The molecule has 3 N–H and O–H groups in total. The summed E-state index contributed by atoms with van der Waals surface area (Å²) < 4.78 is 7.33. The van der Waals surface area contributed by atoms with E-state index in [9.17, 15) is 5.11 Å². The largest absolute Gasteiger partial charge is 0.497 e. The van der Waals surface area contributed by atoms with Gasteiger partial charge < -0.3 is 20.1 Å². The second-order valence-corrected chi connectivity index (χ2v) is 6.99. The smallest absolute Gasteiger partial charge is 0.221 e. The summed E-state index contributed by atoms with van der Waals surface area (Å²) in [6, 6.07) is 3.88. The van der Waals surface area contributed by atoms with Crippen molar-refractivity contribution in [3.8, 4) is 11.6 Å². The van der Waals surface area contributed by atoms with Crippen LogP contribution < -0.4 is 10.5 Å². The topological polar surface area (TPSA) is 85.1 Å². The zero-order valence-corrected chi connectivity index (χ0v) is 14.4. The molecule has 23 heavy (non-hydrogen) atoms. The normalized spacial score (nSPS) is 19.4. The molecule has 0 fully saturated rings. The van der Waals surface area contributed by atoms with Crippen LogP contribution in [0.1, 0.15) is 38.7 Å². The number of rotatable bonds is 2. The van der Waals surface area contributed by atoms with Crippen LogP contribution in [0.3, 0.4) is 0 Å². The Morgan fingerprint density at radius 3 is 2.78 bits per heavy atom. The van der Waals surface area contributed by atoms with Gasteiger partial charge in [0.1, 0.15) is 5.75 Å². The first-order valence-electron chi connectivity index (χ1n) is 7.43. The van der Waals surface area contributed by atoms with Gasteiger partial charge in [0, 0.05) is 10.9 Å². The molecule has 3 rings (SSSR count). The number of hydrogen-bond acceptors (Lipinski definition) is 4. The lowest BCUT2D eigenvalue weighted by Gasteiger charge is -2.36. The van der Waals surface area contributed by atoms with Crippen molar-refractivity contribution in [2.24, 2.45) is 16.0 Å². The highest BCUT2D eigenvalue weighted by Crippen LogP contribution is 2.51. The number of aromatic hydroxyl groups is 1. The van der Waals surface area contributed by atoms with Crippen molar-refractivity contribution < 1.29 is 9.84 Å². The number of ether oxygens (including phenoxy) is 1. The van der Waals surface area contributed by atoms with Crippen molar-refractivity contribution in [3.63, 3.8) is 0 Å². The highest BCUT2D eigenvalue weighted by atomic mass is 32.1. The lowest BCUT2D eigenvalue weighted by atomic mass is 9.82. The van der Waals surface area contributed by atoms with Gasteiger partial charge in [-0.1, -0.05) is 6.92 Å². The predicted molar refractivity (Wildman–Crippen MR) is 93.8 cm³/mol. The Bertz CT molecular complexity index is 838. The van der Waals surface area contributed by atoms with E-state index in [-0.39, 0.29) is 16.5 Å². The van der Waals surface area contributed by atoms with Gasteiger partial charge in [0.05, 0.1) is 12.6 Å². The molecule has 2 heterocycles. The minimum Gasteiger partial charge on any atom is -0.497 e. The lowest BCUT2D eigenvalue weighted by molar-refractivity contribution is 0.267. The van der Waals surface area contributed by atoms with Crippen LogP contribution in [0.2, 0.25) is 0 Å². The Kier molecular flexibility index (Phi) is 3.55. The second-order valence-electron chi connectivity index (χ2n) is 6.58. The summed E-state index contributed by atoms with van der Waals surface area (Å²) in [6.45, 7) is 6.38. The predicted octanol–water partition coefficient (Wildman–Crippen LogP) is 3.93. The SMILES string of the molecule is COc1cc2c3c(c1)c(N=NC(N)=S)c(O)n3C(C)(C)C[C@H]2C. The number of aromatic nitrogens is 1. The summed E-state index contributed by atoms with van der Waals surface area (Å²) in [6.07, 6.45) is 0.899. The maximum absolute atomic E-state index is 10.8. The van der Waals surface area contributed by atoms with Gasteiger partial charge in [-0.2, -0.15) is 0 Å². The Labute approximate surface area is 139 Å². The number of thiocarbonyl (C=S) groups is 1. The van der Waals surface area contributed by atoms with Gasteiger partial charge in [-0.25, -0.2) is 0 Å². The molecule has 0 saturated carbocycles. The fraction of sp³-hybridized carbons (Fsp3) is 0.438. The molecule has 0 radical (unpaired) electrons. The molecule has 0 amide bonds. The molecule has 6 nitrogen and oxygen atoms in total. The van der Waals surface area contributed by atoms with Crippen LogP contribution in [-0.4, -0.2) is 21.9 Å². The molecule has 0 saturated heterocycles. The molecular formula is C16H20N4O2S. The standard InChI is InChI=1S/C16H20N4O2S/c1-8-7-16(2,3)20-13-10(8)5-9(22-4)6-11(13)12(14(20)21)18-19-15(17)23/h5-6,8,21H,7H2,1-4H3,(H2,17,23)/t8-/m1/s1. The zero-order chi connectivity index (χ0) is 16.9. The number of benzene rings is 1. The van der Waals surface area contributed by atoms with E-state index in [1.54, 1.807) is 7.11 Å². The Balaban J connectivity index is 2.43. The fourth-order valence-corrected chi connectivity index (χ4v) is 3.66. The molecule has 1 aliphatic heterocycles. The summed E-state index contributed by atoms with van der Waals surface area (Å²) in [7, 11) is 1.62. The highest BCUT2D eigenvalue weighted by molar-refractivity contribution is 7.80. The van der Waals surface area contributed by atoms with E-state index in [4.69, 9.17) is 22.7 Å². The van der Waals surface area contributed by atoms with Crippen molar-refractivity contribution >= 4 is 33.9 Å². The van der Waals surface area contributed by atoms with Gasteiger partial charge in [-0.3, -0.25) is 0 Å². The number of nitrogens with two attached hydrogens (primary N) is 1. The molecule has 0 unspecified atom stereocenters. The van der Waals surface area contributed by atoms with Crippen molar-refractivity contribution in [2.75, 3.05) is 7.11 Å². The number of methoxy groups -OCH3 is 1. The monoisotopic (exact) mass is 332 g/mol. The van der Waals surface area contributed by atoms with Gasteiger partial charge in [-0.15, -0.1) is 10.2 Å². The Morgan fingerprint density at radius 1 is 1.48 bits per heavy atom. The van der Waals surface area contributed by atoms with Crippen molar-refractivity contribution in [3.05, 3.63) is 17.7 Å². The van der Waals surface area contributed by atoms with Crippen LogP contribution in [0.4, 0.5) is 5.69 Å². The van der Waals surface area contributed by atoms with Gasteiger partial charge in [0.2, 0.25) is 11.0 Å². The number of azo groups is 1. The fourth-order valence-electron chi connectivity index (χ4n) is 3.62. The van der Waals surface area contributed by atoms with Crippen molar-refractivity contribution in [2.45, 2.75) is 38.6 Å². The Hall–Kier alpha value is -2.15. The number of nitrogens with zero attached hydrogens (tertiary/aromatic N) is 3. The zero-order valence-electron chi connectivity index (χ0n) is 13.6. The maximum Gasteiger partial charge on any atom is 0.221 e. The van der Waals surface area contributed by atoms with Gasteiger partial charge in [-0.05, 0) is 56.1 Å². The molecule has 0 spiro atoms. The quantitative estimate of drug-likeness (QED) is 0.644. The van der Waals surface area contributed by atoms with E-state index in [1.165, 1.54) is 0 Å². The van der Waals surface area contributed by atoms with Crippen molar-refractivity contribution in [1.29, 1.82) is 0 Å². The first-order chi connectivity index (χ1) is 10.8. The lowest BCUT2D eigenvalue weighted by Crippen LogP contribution is -2.31. The van der Waals surface area contributed by atoms with E-state index in [0.29, 0.717) is 11.6 Å². The molecule has 122 valence electrons. The van der Waals surface area contributed by atoms with E-state index in [2.05, 4.69) is 31.0 Å². The summed E-state index contributed by atoms with van der Waals surface area (Å²) in [5.41, 5.74) is 7.63. The number of hydrogen-bond donors (Lipinski definition) is 2. The van der Waals surface area contributed by atoms with E-state index in [0.717, 1.165) is 28.6 Å². The van der Waals surface area contributed by atoms with Crippen LogP contribution in [0.15, 0.2) is 22.4 Å². The second kappa shape index (κ2) is 5.19. The maximum atomic E-state index is 10.8. The van der Waals surface area contributed by atoms with Crippen molar-refractivity contribution in [1.82, 2.24) is 4.57 Å². The average Bonchev–Trinajstić information content (AvgIpc) is 2.74. The first-order valence-corrected chi connectivity index (χ1v) is 7.84. The van der Waals surface area contributed by atoms with Crippen LogP contribution in [0.5, 0.6) is 11.6 Å². The summed E-state index contributed by atoms with van der Waals surface area (Å²) in [4.78, 5) is 0. The molecule has 0 bridgehead atoms. The molecule has 2 aromatic rings. The highest BCUT2D eigenvalue weighted by Gasteiger charge is 2.36. The third-order valence-electron chi connectivity index (χ3n) is 4.44. The summed E-state index contributed by atoms with van der Waals surface area (Å²) >= 11 is 4.75. The van der Waals surface area contributed by atoms with Crippen LogP contribution >= 0.6 is 12.2 Å².